The van der Waals surface area contributed by atoms with Crippen LogP contribution in [0.25, 0.3) is 10.9 Å². The van der Waals surface area contributed by atoms with Crippen molar-refractivity contribution in [2.24, 2.45) is 0 Å². The number of aromatic nitrogens is 1. The monoisotopic (exact) mass is 371 g/mol. The van der Waals surface area contributed by atoms with Crippen molar-refractivity contribution in [3.8, 4) is 0 Å². The van der Waals surface area contributed by atoms with Crippen LogP contribution in [0.15, 0.2) is 22.7 Å². The molecule has 0 aliphatic heterocycles. The van der Waals surface area contributed by atoms with E-state index < -0.39 is 23.5 Å². The van der Waals surface area contributed by atoms with Gasteiger partial charge < -0.3 is 9.47 Å². The van der Waals surface area contributed by atoms with Crippen LogP contribution in [0.3, 0.4) is 0 Å². The molecule has 5 nitrogen and oxygen atoms in total. The summed E-state index contributed by atoms with van der Waals surface area (Å²) in [6, 6.07) is 3.88. The van der Waals surface area contributed by atoms with E-state index in [1.165, 1.54) is 19.2 Å². The fourth-order valence-corrected chi connectivity index (χ4v) is 2.67. The molecule has 118 valence electrons. The van der Waals surface area contributed by atoms with Crippen LogP contribution < -0.4 is 0 Å². The smallest absolute Gasteiger partial charge is 0.419 e. The normalized spacial score (nSPS) is 11.5. The molecule has 0 aliphatic carbocycles. The lowest BCUT2D eigenvalue weighted by atomic mass is 10.2. The van der Waals surface area contributed by atoms with Crippen molar-refractivity contribution in [2.45, 2.75) is 26.4 Å². The Hall–Kier alpha value is -1.89. The van der Waals surface area contributed by atoms with Crippen molar-refractivity contribution in [1.82, 2.24) is 4.57 Å². The van der Waals surface area contributed by atoms with Gasteiger partial charge in [0.1, 0.15) is 11.4 Å². The molecule has 7 heteroatoms. The second kappa shape index (κ2) is 5.72. The van der Waals surface area contributed by atoms with E-state index in [0.29, 0.717) is 9.86 Å². The number of ether oxygens (including phenoxy) is 2. The maximum Gasteiger partial charge on any atom is 0.419 e. The van der Waals surface area contributed by atoms with Gasteiger partial charge in [0.05, 0.1) is 17.1 Å². The van der Waals surface area contributed by atoms with E-state index in [1.807, 2.05) is 0 Å². The molecular weight excluding hydrogens is 357 g/mol. The van der Waals surface area contributed by atoms with E-state index in [2.05, 4.69) is 15.9 Å². The van der Waals surface area contributed by atoms with Crippen molar-refractivity contribution >= 4 is 38.9 Å². The van der Waals surface area contributed by atoms with Gasteiger partial charge in [0.2, 0.25) is 0 Å². The van der Waals surface area contributed by atoms with Crippen LogP contribution >= 0.6 is 15.9 Å². The highest BCUT2D eigenvalue weighted by atomic mass is 79.9. The van der Waals surface area contributed by atoms with Crippen molar-refractivity contribution in [1.29, 1.82) is 0 Å². The van der Waals surface area contributed by atoms with Gasteiger partial charge in [0.15, 0.2) is 5.69 Å². The SMILES string of the molecule is COC(=O)c1c(Br)c2ccc(F)cc2n1C(=O)OC(C)(C)C. The molecule has 1 aromatic heterocycles. The second-order valence-corrected chi connectivity index (χ2v) is 6.42. The first-order valence-corrected chi connectivity index (χ1v) is 7.26. The Balaban J connectivity index is 2.75. The molecule has 0 radical (unpaired) electrons. The van der Waals surface area contributed by atoms with Crippen molar-refractivity contribution in [3.63, 3.8) is 0 Å². The predicted octanol–water partition coefficient (Wildman–Crippen LogP) is 4.11. The summed E-state index contributed by atoms with van der Waals surface area (Å²) in [5.41, 5.74) is -0.584. The minimum absolute atomic E-state index is 0.0441. The minimum atomic E-state index is -0.783. The Morgan fingerprint density at radius 1 is 1.27 bits per heavy atom. The topological polar surface area (TPSA) is 57.5 Å². The number of nitrogens with zero attached hydrogens (tertiary/aromatic N) is 1. The van der Waals surface area contributed by atoms with Gasteiger partial charge in [-0.2, -0.15) is 0 Å². The standard InChI is InChI=1S/C15H15BrFNO4/c1-15(2,3)22-14(20)18-10-7-8(17)5-6-9(10)11(16)12(18)13(19)21-4/h5-7H,1-4H3. The first-order chi connectivity index (χ1) is 10.2. The van der Waals surface area contributed by atoms with Gasteiger partial charge in [0, 0.05) is 5.39 Å². The third kappa shape index (κ3) is 2.99. The van der Waals surface area contributed by atoms with E-state index >= 15 is 0 Å². The summed E-state index contributed by atoms with van der Waals surface area (Å²) in [6.45, 7) is 5.10. The molecule has 2 rings (SSSR count). The molecule has 0 unspecified atom stereocenters. The van der Waals surface area contributed by atoms with Crippen molar-refractivity contribution in [3.05, 3.63) is 34.2 Å². The van der Waals surface area contributed by atoms with Crippen molar-refractivity contribution in [2.75, 3.05) is 7.11 Å². The highest BCUT2D eigenvalue weighted by Crippen LogP contribution is 2.32. The number of methoxy groups -OCH3 is 1. The van der Waals surface area contributed by atoms with Crippen LogP contribution in [0.1, 0.15) is 31.3 Å². The van der Waals surface area contributed by atoms with Crippen LogP contribution in [0.5, 0.6) is 0 Å². The molecule has 0 atom stereocenters. The summed E-state index contributed by atoms with van der Waals surface area (Å²) in [6.07, 6.45) is -0.783. The molecule has 0 fully saturated rings. The molecule has 0 spiro atoms. The number of rotatable bonds is 1. The molecular formula is C15H15BrFNO4. The van der Waals surface area contributed by atoms with E-state index in [0.717, 1.165) is 10.6 Å². The number of fused-ring (bicyclic) bond motifs is 1. The number of benzene rings is 1. The van der Waals surface area contributed by atoms with Gasteiger partial charge in [-0.25, -0.2) is 18.5 Å². The summed E-state index contributed by atoms with van der Waals surface area (Å²) < 4.78 is 24.9. The maximum atomic E-state index is 13.5. The number of halogens is 2. The Kier molecular flexibility index (Phi) is 4.28. The lowest BCUT2D eigenvalue weighted by Crippen LogP contribution is -2.29. The Labute approximate surface area is 135 Å². The summed E-state index contributed by atoms with van der Waals surface area (Å²) in [5, 5.41) is 0.507. The first-order valence-electron chi connectivity index (χ1n) is 6.47. The molecule has 1 heterocycles. The van der Waals surface area contributed by atoms with Gasteiger partial charge >= 0.3 is 12.1 Å². The zero-order valence-corrected chi connectivity index (χ0v) is 14.2. The third-order valence-electron chi connectivity index (χ3n) is 2.82. The Bertz CT molecular complexity index is 761. The van der Waals surface area contributed by atoms with Gasteiger partial charge in [0.25, 0.3) is 0 Å². The first kappa shape index (κ1) is 16.5. The van der Waals surface area contributed by atoms with Crippen LogP contribution in [0.2, 0.25) is 0 Å². The minimum Gasteiger partial charge on any atom is -0.464 e. The van der Waals surface area contributed by atoms with Gasteiger partial charge in [-0.3, -0.25) is 0 Å². The molecule has 1 aromatic carbocycles. The fraction of sp³-hybridized carbons (Fsp3) is 0.333. The predicted molar refractivity (Wildman–Crippen MR) is 82.6 cm³/mol. The summed E-state index contributed by atoms with van der Waals surface area (Å²) >= 11 is 3.26. The summed E-state index contributed by atoms with van der Waals surface area (Å²) in [4.78, 5) is 24.4. The number of carbonyl (C=O) groups is 2. The van der Waals surface area contributed by atoms with E-state index in [9.17, 15) is 14.0 Å². The van der Waals surface area contributed by atoms with E-state index in [4.69, 9.17) is 9.47 Å². The molecule has 0 N–H and O–H groups in total. The quantitative estimate of drug-likeness (QED) is 0.707. The third-order valence-corrected chi connectivity index (χ3v) is 3.63. The number of carbonyl (C=O) groups excluding carboxylic acids is 2. The molecule has 22 heavy (non-hydrogen) atoms. The average Bonchev–Trinajstić information content (AvgIpc) is 2.68. The zero-order chi connectivity index (χ0) is 16.7. The average molecular weight is 372 g/mol. The fourth-order valence-electron chi connectivity index (χ4n) is 2.00. The second-order valence-electron chi connectivity index (χ2n) is 5.63. The largest absolute Gasteiger partial charge is 0.464 e. The summed E-state index contributed by atoms with van der Waals surface area (Å²) in [5.74, 6) is -1.26. The van der Waals surface area contributed by atoms with Crippen LogP contribution in [0.4, 0.5) is 9.18 Å². The van der Waals surface area contributed by atoms with Gasteiger partial charge in [-0.05, 0) is 54.9 Å². The van der Waals surface area contributed by atoms with Crippen LogP contribution in [-0.2, 0) is 9.47 Å². The van der Waals surface area contributed by atoms with Crippen molar-refractivity contribution < 1.29 is 23.5 Å². The summed E-state index contributed by atoms with van der Waals surface area (Å²) in [7, 11) is 1.20. The van der Waals surface area contributed by atoms with Gasteiger partial charge in [-0.1, -0.05) is 0 Å². The van der Waals surface area contributed by atoms with Crippen LogP contribution in [-0.4, -0.2) is 29.3 Å². The highest BCUT2D eigenvalue weighted by molar-refractivity contribution is 9.10. The molecule has 0 aliphatic rings. The number of hydrogen-bond acceptors (Lipinski definition) is 4. The number of hydrogen-bond donors (Lipinski definition) is 0. The van der Waals surface area contributed by atoms with Gasteiger partial charge in [-0.15, -0.1) is 0 Å². The lowest BCUT2D eigenvalue weighted by Gasteiger charge is -2.20. The van der Waals surface area contributed by atoms with Crippen LogP contribution in [0, 0.1) is 5.82 Å². The molecule has 0 saturated heterocycles. The highest BCUT2D eigenvalue weighted by Gasteiger charge is 2.29. The van der Waals surface area contributed by atoms with E-state index in [-0.39, 0.29) is 11.2 Å². The maximum absolute atomic E-state index is 13.5. The molecule has 0 saturated carbocycles. The molecule has 2 aromatic rings. The Morgan fingerprint density at radius 2 is 1.91 bits per heavy atom. The molecule has 0 bridgehead atoms. The number of esters is 1. The Morgan fingerprint density at radius 3 is 2.45 bits per heavy atom. The lowest BCUT2D eigenvalue weighted by molar-refractivity contribution is 0.0489. The zero-order valence-electron chi connectivity index (χ0n) is 12.6. The molecule has 0 amide bonds. The van der Waals surface area contributed by atoms with E-state index in [1.54, 1.807) is 20.8 Å².